The third-order valence-electron chi connectivity index (χ3n) is 2.68. The molecule has 0 unspecified atom stereocenters. The lowest BCUT2D eigenvalue weighted by molar-refractivity contribution is -0.137. The molecule has 0 aliphatic heterocycles. The van der Waals surface area contributed by atoms with Crippen molar-refractivity contribution in [2.45, 2.75) is 6.18 Å². The van der Waals surface area contributed by atoms with Gasteiger partial charge in [-0.15, -0.1) is 0 Å². The van der Waals surface area contributed by atoms with Crippen molar-refractivity contribution >= 4 is 18.5 Å². The number of primary amides is 1. The van der Waals surface area contributed by atoms with Gasteiger partial charge in [0.1, 0.15) is 5.69 Å². The van der Waals surface area contributed by atoms with Crippen LogP contribution in [0.25, 0.3) is 11.3 Å². The molecular formula is C10H8BF3N4O3. The normalized spacial score (nSPS) is 11.5. The van der Waals surface area contributed by atoms with E-state index in [0.29, 0.717) is 6.07 Å². The molecule has 1 amide bonds. The second-order valence-electron chi connectivity index (χ2n) is 4.06. The fourth-order valence-corrected chi connectivity index (χ4v) is 1.75. The predicted octanol–water partition coefficient (Wildman–Crippen LogP) is -0.731. The first-order valence-electron chi connectivity index (χ1n) is 5.50. The Morgan fingerprint density at radius 2 is 1.95 bits per heavy atom. The molecule has 0 aliphatic carbocycles. The SMILES string of the molecule is NC(=O)c1n[nH]nc1-c1ccc(B(O)O)cc1C(F)(F)F. The topological polar surface area (TPSA) is 125 Å². The molecule has 1 aromatic carbocycles. The molecule has 2 aromatic rings. The lowest BCUT2D eigenvalue weighted by atomic mass is 9.78. The Labute approximate surface area is 115 Å². The quantitative estimate of drug-likeness (QED) is 0.556. The molecule has 0 fully saturated rings. The maximum atomic E-state index is 13.1. The number of nitrogens with zero attached hydrogens (tertiary/aromatic N) is 2. The highest BCUT2D eigenvalue weighted by atomic mass is 19.4. The molecule has 21 heavy (non-hydrogen) atoms. The van der Waals surface area contributed by atoms with E-state index in [1.54, 1.807) is 0 Å². The number of amides is 1. The minimum Gasteiger partial charge on any atom is -0.423 e. The maximum Gasteiger partial charge on any atom is 0.488 e. The van der Waals surface area contributed by atoms with Gasteiger partial charge in [0.2, 0.25) is 0 Å². The van der Waals surface area contributed by atoms with E-state index in [1.165, 1.54) is 0 Å². The zero-order valence-electron chi connectivity index (χ0n) is 10.2. The van der Waals surface area contributed by atoms with E-state index in [1.807, 2.05) is 5.21 Å². The minimum absolute atomic E-state index is 0.352. The van der Waals surface area contributed by atoms with Gasteiger partial charge in [-0.3, -0.25) is 4.79 Å². The summed E-state index contributed by atoms with van der Waals surface area (Å²) in [4.78, 5) is 11.1. The van der Waals surface area contributed by atoms with Crippen molar-refractivity contribution in [3.05, 3.63) is 29.5 Å². The first-order chi connectivity index (χ1) is 9.71. The van der Waals surface area contributed by atoms with E-state index in [4.69, 9.17) is 15.8 Å². The van der Waals surface area contributed by atoms with Crippen LogP contribution < -0.4 is 11.2 Å². The van der Waals surface area contributed by atoms with E-state index >= 15 is 0 Å². The Balaban J connectivity index is 2.68. The van der Waals surface area contributed by atoms with E-state index in [-0.39, 0.29) is 11.2 Å². The standard InChI is InChI=1S/C10H8BF3N4O3/c12-10(13,14)6-3-4(11(20)21)1-2-5(6)7-8(9(15)19)17-18-16-7/h1-3,20-21H,(H2,15,19)(H,16,17,18). The highest BCUT2D eigenvalue weighted by molar-refractivity contribution is 6.58. The van der Waals surface area contributed by atoms with Crippen LogP contribution in [0.1, 0.15) is 16.1 Å². The van der Waals surface area contributed by atoms with Crippen LogP contribution in [0, 0.1) is 0 Å². The van der Waals surface area contributed by atoms with Gasteiger partial charge in [-0.05, 0) is 11.5 Å². The van der Waals surface area contributed by atoms with Crippen LogP contribution in [0.5, 0.6) is 0 Å². The third kappa shape index (κ3) is 2.88. The fraction of sp³-hybridized carbons (Fsp3) is 0.100. The van der Waals surface area contributed by atoms with E-state index in [0.717, 1.165) is 12.1 Å². The first kappa shape index (κ1) is 15.0. The summed E-state index contributed by atoms with van der Waals surface area (Å²) in [6.07, 6.45) is -4.80. The van der Waals surface area contributed by atoms with Gasteiger partial charge in [0.05, 0.1) is 5.56 Å². The molecule has 1 heterocycles. The van der Waals surface area contributed by atoms with Gasteiger partial charge in [-0.2, -0.15) is 28.6 Å². The molecule has 0 saturated carbocycles. The number of hydrogen-bond acceptors (Lipinski definition) is 5. The van der Waals surface area contributed by atoms with E-state index in [2.05, 4.69) is 10.2 Å². The second kappa shape index (κ2) is 5.18. The van der Waals surface area contributed by atoms with Crippen LogP contribution in [-0.2, 0) is 6.18 Å². The van der Waals surface area contributed by atoms with Crippen molar-refractivity contribution in [3.8, 4) is 11.3 Å². The Hall–Kier alpha value is -2.40. The summed E-state index contributed by atoms with van der Waals surface area (Å²) in [7, 11) is -2.06. The molecule has 0 radical (unpaired) electrons. The number of carbonyl (C=O) groups is 1. The van der Waals surface area contributed by atoms with Crippen LogP contribution in [-0.4, -0.2) is 38.5 Å². The lowest BCUT2D eigenvalue weighted by Crippen LogP contribution is -2.31. The molecule has 5 N–H and O–H groups in total. The monoisotopic (exact) mass is 300 g/mol. The molecule has 1 aromatic heterocycles. The van der Waals surface area contributed by atoms with E-state index < -0.39 is 36.0 Å². The summed E-state index contributed by atoms with van der Waals surface area (Å²) in [6, 6.07) is 2.58. The largest absolute Gasteiger partial charge is 0.488 e. The fourth-order valence-electron chi connectivity index (χ4n) is 1.75. The molecule has 0 atom stereocenters. The average Bonchev–Trinajstić information content (AvgIpc) is 2.86. The number of aromatic nitrogens is 3. The van der Waals surface area contributed by atoms with Crippen LogP contribution >= 0.6 is 0 Å². The molecule has 7 nitrogen and oxygen atoms in total. The number of carbonyl (C=O) groups excluding carboxylic acids is 1. The Kier molecular flexibility index (Phi) is 3.70. The maximum absolute atomic E-state index is 13.1. The average molecular weight is 300 g/mol. The summed E-state index contributed by atoms with van der Waals surface area (Å²) in [5.41, 5.74) is 2.21. The van der Waals surface area contributed by atoms with Gasteiger partial charge in [0, 0.05) is 5.56 Å². The molecular weight excluding hydrogens is 292 g/mol. The van der Waals surface area contributed by atoms with Crippen LogP contribution in [0.2, 0.25) is 0 Å². The molecule has 0 bridgehead atoms. The molecule has 0 aliphatic rings. The molecule has 0 saturated heterocycles. The molecule has 110 valence electrons. The van der Waals surface area contributed by atoms with Crippen LogP contribution in [0.3, 0.4) is 0 Å². The summed E-state index contributed by atoms with van der Waals surface area (Å²) >= 11 is 0. The number of rotatable bonds is 3. The van der Waals surface area contributed by atoms with Gasteiger partial charge < -0.3 is 15.8 Å². The number of hydrogen-bond donors (Lipinski definition) is 4. The zero-order chi connectivity index (χ0) is 15.8. The molecule has 2 rings (SSSR count). The summed E-state index contributed by atoms with van der Waals surface area (Å²) in [5.74, 6) is -1.04. The number of alkyl halides is 3. The van der Waals surface area contributed by atoms with Crippen molar-refractivity contribution in [1.29, 1.82) is 0 Å². The number of halogens is 3. The van der Waals surface area contributed by atoms with Gasteiger partial charge in [0.25, 0.3) is 5.91 Å². The predicted molar refractivity (Wildman–Crippen MR) is 65.2 cm³/mol. The van der Waals surface area contributed by atoms with E-state index in [9.17, 15) is 18.0 Å². The number of nitrogens with two attached hydrogens (primary N) is 1. The lowest BCUT2D eigenvalue weighted by Gasteiger charge is -2.13. The number of H-pyrrole nitrogens is 1. The highest BCUT2D eigenvalue weighted by Crippen LogP contribution is 2.36. The zero-order valence-corrected chi connectivity index (χ0v) is 10.2. The highest BCUT2D eigenvalue weighted by Gasteiger charge is 2.36. The number of nitrogens with one attached hydrogen (secondary N) is 1. The summed E-state index contributed by atoms with van der Waals surface area (Å²) < 4.78 is 39.2. The van der Waals surface area contributed by atoms with Crippen molar-refractivity contribution in [2.75, 3.05) is 0 Å². The van der Waals surface area contributed by atoms with Crippen molar-refractivity contribution in [2.24, 2.45) is 5.73 Å². The van der Waals surface area contributed by atoms with Gasteiger partial charge in [-0.1, -0.05) is 12.1 Å². The van der Waals surface area contributed by atoms with Gasteiger partial charge >= 0.3 is 13.3 Å². The Morgan fingerprint density at radius 3 is 2.48 bits per heavy atom. The minimum atomic E-state index is -4.80. The van der Waals surface area contributed by atoms with Crippen LogP contribution in [0.4, 0.5) is 13.2 Å². The molecule has 0 spiro atoms. The second-order valence-corrected chi connectivity index (χ2v) is 4.06. The van der Waals surface area contributed by atoms with Crippen molar-refractivity contribution in [1.82, 2.24) is 15.4 Å². The smallest absolute Gasteiger partial charge is 0.423 e. The Morgan fingerprint density at radius 1 is 1.29 bits per heavy atom. The summed E-state index contributed by atoms with van der Waals surface area (Å²) in [5, 5.41) is 26.8. The summed E-state index contributed by atoms with van der Waals surface area (Å²) in [6.45, 7) is 0. The number of aromatic amines is 1. The third-order valence-corrected chi connectivity index (χ3v) is 2.68. The Bertz CT molecular complexity index is 686. The van der Waals surface area contributed by atoms with Gasteiger partial charge in [-0.25, -0.2) is 0 Å². The van der Waals surface area contributed by atoms with Crippen LogP contribution in [0.15, 0.2) is 18.2 Å². The number of benzene rings is 1. The van der Waals surface area contributed by atoms with Crippen molar-refractivity contribution < 1.29 is 28.0 Å². The van der Waals surface area contributed by atoms with Gasteiger partial charge in [0.15, 0.2) is 5.69 Å². The molecule has 11 heteroatoms. The first-order valence-corrected chi connectivity index (χ1v) is 5.50. The van der Waals surface area contributed by atoms with Crippen molar-refractivity contribution in [3.63, 3.8) is 0 Å².